The van der Waals surface area contributed by atoms with E-state index >= 15 is 0 Å². The molecule has 0 aliphatic heterocycles. The lowest BCUT2D eigenvalue weighted by molar-refractivity contribution is 0.0929. The van der Waals surface area contributed by atoms with Crippen molar-refractivity contribution in [3.63, 3.8) is 0 Å². The molecule has 0 saturated heterocycles. The average molecular weight is 554 g/mol. The summed E-state index contributed by atoms with van der Waals surface area (Å²) in [7, 11) is 0. The second-order valence-corrected chi connectivity index (χ2v) is 7.86. The minimum Gasteiger partial charge on any atom is -0.506 e. The fraction of sp³-hybridized carbons (Fsp3) is 0. The van der Waals surface area contributed by atoms with Crippen LogP contribution in [0.1, 0.15) is 16.1 Å². The van der Waals surface area contributed by atoms with Crippen molar-refractivity contribution in [1.29, 1.82) is 0 Å². The van der Waals surface area contributed by atoms with E-state index in [1.54, 1.807) is 6.07 Å². The van der Waals surface area contributed by atoms with E-state index in [9.17, 15) is 9.90 Å². The van der Waals surface area contributed by atoms with E-state index < -0.39 is 5.91 Å². The maximum Gasteiger partial charge on any atom is 0.307 e. The Hall–Kier alpha value is -1.29. The monoisotopic (exact) mass is 552 g/mol. The van der Waals surface area contributed by atoms with Gasteiger partial charge in [-0.05, 0) is 52.9 Å². The minimum atomic E-state index is -0.521. The molecule has 128 valence electrons. The van der Waals surface area contributed by atoms with Crippen LogP contribution in [0.4, 0.5) is 0 Å². The van der Waals surface area contributed by atoms with Crippen molar-refractivity contribution < 1.29 is 14.3 Å². The van der Waals surface area contributed by atoms with Crippen LogP contribution in [-0.2, 0) is 0 Å². The van der Waals surface area contributed by atoms with Crippen molar-refractivity contribution in [1.82, 2.24) is 5.43 Å². The number of fused-ring (bicyclic) bond motifs is 1. The number of benzene rings is 2. The minimum absolute atomic E-state index is 0.0951. The summed E-state index contributed by atoms with van der Waals surface area (Å²) >= 11 is 17.2. The van der Waals surface area contributed by atoms with Gasteiger partial charge in [0.1, 0.15) is 11.3 Å². The summed E-state index contributed by atoms with van der Waals surface area (Å²) in [5.41, 5.74) is 3.23. The number of nitrogens with one attached hydrogen (secondary N) is 1. The number of halogens is 4. The molecule has 0 saturated carbocycles. The Morgan fingerprint density at radius 1 is 1.28 bits per heavy atom. The third kappa shape index (κ3) is 4.11. The molecule has 5 nitrogen and oxygen atoms in total. The molecule has 0 spiro atoms. The van der Waals surface area contributed by atoms with Gasteiger partial charge in [0.2, 0.25) is 0 Å². The molecule has 2 N–H and O–H groups in total. The first-order valence-electron chi connectivity index (χ1n) is 6.75. The zero-order valence-electron chi connectivity index (χ0n) is 12.2. The van der Waals surface area contributed by atoms with Gasteiger partial charge >= 0.3 is 5.91 Å². The van der Waals surface area contributed by atoms with Crippen LogP contribution in [0.5, 0.6) is 5.75 Å². The van der Waals surface area contributed by atoms with Gasteiger partial charge in [0.25, 0.3) is 0 Å². The number of hydrazone groups is 1. The lowest BCUT2D eigenvalue weighted by atomic mass is 10.2. The van der Waals surface area contributed by atoms with E-state index in [1.165, 1.54) is 18.3 Å². The van der Waals surface area contributed by atoms with Crippen molar-refractivity contribution in [2.75, 3.05) is 0 Å². The molecule has 0 aliphatic rings. The number of phenolic OH excluding ortho intramolecular Hbond substituents is 1. The van der Waals surface area contributed by atoms with Gasteiger partial charge in [0.15, 0.2) is 5.76 Å². The third-order valence-electron chi connectivity index (χ3n) is 3.19. The Kier molecular flexibility index (Phi) is 5.57. The summed E-state index contributed by atoms with van der Waals surface area (Å²) in [5, 5.41) is 14.9. The summed E-state index contributed by atoms with van der Waals surface area (Å²) < 4.78 is 7.34. The molecule has 1 heterocycles. The zero-order valence-corrected chi connectivity index (χ0v) is 17.4. The van der Waals surface area contributed by atoms with Crippen molar-refractivity contribution in [3.8, 4) is 5.75 Å². The molecule has 3 aromatic rings. The normalized spacial score (nSPS) is 11.4. The van der Waals surface area contributed by atoms with Crippen LogP contribution in [0.15, 0.2) is 44.3 Å². The van der Waals surface area contributed by atoms with E-state index in [-0.39, 0.29) is 22.1 Å². The number of amides is 1. The molecule has 25 heavy (non-hydrogen) atoms. The van der Waals surface area contributed by atoms with Gasteiger partial charge in [0.05, 0.1) is 14.8 Å². The van der Waals surface area contributed by atoms with E-state index in [1.807, 2.05) is 12.1 Å². The number of hydrogen-bond acceptors (Lipinski definition) is 4. The van der Waals surface area contributed by atoms with Gasteiger partial charge in [-0.1, -0.05) is 39.1 Å². The standard InChI is InChI=1S/C16H8BrCl2IN2O3/c17-9-1-7-3-13(25-15(7)12(20)4-9)16(24)22-21-6-8-2-10(18)5-11(19)14(8)23/h1-6,23H,(H,22,24)/b21-6-. The third-order valence-corrected chi connectivity index (χ3v) is 4.95. The van der Waals surface area contributed by atoms with Gasteiger partial charge < -0.3 is 9.52 Å². The number of hydrogen-bond donors (Lipinski definition) is 2. The van der Waals surface area contributed by atoms with E-state index in [4.69, 9.17) is 27.6 Å². The van der Waals surface area contributed by atoms with Gasteiger partial charge in [-0.25, -0.2) is 5.43 Å². The summed E-state index contributed by atoms with van der Waals surface area (Å²) in [4.78, 5) is 12.2. The molecule has 0 fully saturated rings. The maximum absolute atomic E-state index is 12.2. The van der Waals surface area contributed by atoms with Gasteiger partial charge in [-0.3, -0.25) is 4.79 Å². The zero-order chi connectivity index (χ0) is 18.1. The Morgan fingerprint density at radius 3 is 2.80 bits per heavy atom. The first-order chi connectivity index (χ1) is 11.8. The van der Waals surface area contributed by atoms with E-state index in [2.05, 4.69) is 49.0 Å². The number of phenols is 1. The van der Waals surface area contributed by atoms with Crippen molar-refractivity contribution in [2.45, 2.75) is 0 Å². The van der Waals surface area contributed by atoms with Crippen molar-refractivity contribution in [3.05, 3.63) is 59.7 Å². The largest absolute Gasteiger partial charge is 0.506 e. The highest BCUT2D eigenvalue weighted by molar-refractivity contribution is 14.1. The highest BCUT2D eigenvalue weighted by Gasteiger charge is 2.14. The van der Waals surface area contributed by atoms with Gasteiger partial charge in [-0.2, -0.15) is 5.10 Å². The predicted molar refractivity (Wildman–Crippen MR) is 110 cm³/mol. The number of carbonyl (C=O) groups excluding carboxylic acids is 1. The maximum atomic E-state index is 12.2. The number of aromatic hydroxyl groups is 1. The molecular weight excluding hydrogens is 546 g/mol. The predicted octanol–water partition coefficient (Wildman–Crippen LogP) is 5.58. The number of nitrogens with zero attached hydrogens (tertiary/aromatic N) is 1. The Balaban J connectivity index is 1.80. The first kappa shape index (κ1) is 18.5. The number of rotatable bonds is 3. The average Bonchev–Trinajstić information content (AvgIpc) is 2.96. The van der Waals surface area contributed by atoms with Crippen molar-refractivity contribution in [2.24, 2.45) is 5.10 Å². The molecule has 1 aromatic heterocycles. The Bertz CT molecular complexity index is 1020. The molecule has 0 radical (unpaired) electrons. The smallest absolute Gasteiger partial charge is 0.307 e. The lowest BCUT2D eigenvalue weighted by Gasteiger charge is -2.02. The van der Waals surface area contributed by atoms with Crippen LogP contribution in [0.2, 0.25) is 10.0 Å². The quantitative estimate of drug-likeness (QED) is 0.253. The van der Waals surface area contributed by atoms with Gasteiger partial charge in [-0.15, -0.1) is 0 Å². The summed E-state index contributed by atoms with van der Waals surface area (Å²) in [5.74, 6) is -0.573. The van der Waals surface area contributed by atoms with Crippen LogP contribution < -0.4 is 5.43 Å². The SMILES string of the molecule is O=C(N/N=C\c1cc(Cl)cc(Cl)c1O)c1cc2cc(Br)cc(I)c2o1. The molecule has 0 aliphatic carbocycles. The van der Waals surface area contributed by atoms with E-state index in [0.29, 0.717) is 10.6 Å². The Labute approximate surface area is 174 Å². The molecule has 9 heteroatoms. The molecule has 0 bridgehead atoms. The topological polar surface area (TPSA) is 74.8 Å². The number of furan rings is 1. The van der Waals surface area contributed by atoms with Crippen LogP contribution in [0, 0.1) is 3.57 Å². The molecular formula is C16H8BrCl2IN2O3. The second kappa shape index (κ2) is 7.53. The van der Waals surface area contributed by atoms with Crippen molar-refractivity contribution >= 4 is 84.8 Å². The summed E-state index contributed by atoms with van der Waals surface area (Å²) in [6, 6.07) is 8.24. The summed E-state index contributed by atoms with van der Waals surface area (Å²) in [6.07, 6.45) is 1.24. The molecule has 2 aromatic carbocycles. The molecule has 0 unspecified atom stereocenters. The Morgan fingerprint density at radius 2 is 2.04 bits per heavy atom. The lowest BCUT2D eigenvalue weighted by Crippen LogP contribution is -2.16. The second-order valence-electron chi connectivity index (χ2n) is 4.94. The van der Waals surface area contributed by atoms with Crippen LogP contribution in [-0.4, -0.2) is 17.2 Å². The molecule has 0 atom stereocenters. The highest BCUT2D eigenvalue weighted by atomic mass is 127. The van der Waals surface area contributed by atoms with Crippen LogP contribution in [0.25, 0.3) is 11.0 Å². The summed E-state index contributed by atoms with van der Waals surface area (Å²) in [6.45, 7) is 0. The fourth-order valence-corrected chi connectivity index (χ4v) is 4.26. The highest BCUT2D eigenvalue weighted by Crippen LogP contribution is 2.30. The number of carbonyl (C=O) groups is 1. The van der Waals surface area contributed by atoms with Gasteiger partial charge in [0, 0.05) is 20.4 Å². The van der Waals surface area contributed by atoms with Crippen LogP contribution >= 0.6 is 61.7 Å². The van der Waals surface area contributed by atoms with Crippen LogP contribution in [0.3, 0.4) is 0 Å². The fourth-order valence-electron chi connectivity index (χ4n) is 2.09. The first-order valence-corrected chi connectivity index (χ1v) is 9.38. The van der Waals surface area contributed by atoms with E-state index in [0.717, 1.165) is 13.4 Å². The molecule has 1 amide bonds. The molecule has 3 rings (SSSR count).